The maximum Gasteiger partial charge on any atom is 0.247 e. The number of nitrogens with zero attached hydrogens (tertiary/aromatic N) is 2. The number of amides is 4. The number of ether oxygens (including phenoxy) is 2. The number of carbonyl (C=O) groups is 4. The number of hydrogen-bond donors (Lipinski definition) is 3. The van der Waals surface area contributed by atoms with Gasteiger partial charge in [0.15, 0.2) is 0 Å². The number of fused-ring (bicyclic) bond motifs is 3. The fraction of sp³-hybridized carbons (Fsp3) is 0.647. The largest absolute Gasteiger partial charge is 0.496 e. The van der Waals surface area contributed by atoms with Gasteiger partial charge in [0.1, 0.15) is 35.7 Å². The molecule has 1 saturated heterocycles. The van der Waals surface area contributed by atoms with E-state index in [0.29, 0.717) is 42.7 Å². The molecule has 1 fully saturated rings. The second-order valence-electron chi connectivity index (χ2n) is 13.0. The Hall–Kier alpha value is -3.60. The van der Waals surface area contributed by atoms with Crippen molar-refractivity contribution in [3.63, 3.8) is 0 Å². The van der Waals surface area contributed by atoms with Crippen molar-refractivity contribution in [3.8, 4) is 11.5 Å². The van der Waals surface area contributed by atoms with Gasteiger partial charge in [-0.2, -0.15) is 0 Å². The van der Waals surface area contributed by atoms with Gasteiger partial charge in [0.25, 0.3) is 0 Å². The Morgan fingerprint density at radius 1 is 1.11 bits per heavy atom. The monoisotopic (exact) mass is 627 g/mol. The summed E-state index contributed by atoms with van der Waals surface area (Å²) < 4.78 is 11.9. The quantitative estimate of drug-likeness (QED) is 0.344. The van der Waals surface area contributed by atoms with Crippen molar-refractivity contribution in [2.45, 2.75) is 97.5 Å². The molecule has 7 atom stereocenters. The van der Waals surface area contributed by atoms with Gasteiger partial charge in [0.2, 0.25) is 23.6 Å². The minimum absolute atomic E-state index is 0.177. The number of rotatable bonds is 11. The lowest BCUT2D eigenvalue weighted by atomic mass is 9.95. The molecule has 1 aromatic carbocycles. The highest BCUT2D eigenvalue weighted by Crippen LogP contribution is 2.31. The maximum absolute atomic E-state index is 14.4. The smallest absolute Gasteiger partial charge is 0.247 e. The summed E-state index contributed by atoms with van der Waals surface area (Å²) in [5.41, 5.74) is 0.688. The standard InChI is InChI=1S/C34H53N5O6/c1-10-21(5)28-32(41)35-16-14-23-19-24(12-13-26(23)44-9)45-27-15-17-39(30(27)33(42)36-28)34(43)29(22(6)11-2)37-31(40)25(38(7)8)18-20(3)4/h12-14,16,19-22,25,27-30H,10-11,15,17-18H2,1-9H3,(H,35,41)(H,36,42)(H,37,40). The summed E-state index contributed by atoms with van der Waals surface area (Å²) in [5, 5.41) is 8.78. The highest BCUT2D eigenvalue weighted by atomic mass is 16.5. The van der Waals surface area contributed by atoms with E-state index in [4.69, 9.17) is 9.47 Å². The van der Waals surface area contributed by atoms with Crippen molar-refractivity contribution in [2.24, 2.45) is 17.8 Å². The van der Waals surface area contributed by atoms with Crippen LogP contribution in [0.25, 0.3) is 6.08 Å². The van der Waals surface area contributed by atoms with Crippen LogP contribution < -0.4 is 25.4 Å². The molecule has 45 heavy (non-hydrogen) atoms. The predicted molar refractivity (Wildman–Crippen MR) is 174 cm³/mol. The number of likely N-dealkylation sites (tertiary alicyclic amines) is 1. The summed E-state index contributed by atoms with van der Waals surface area (Å²) in [4.78, 5) is 58.8. The zero-order valence-electron chi connectivity index (χ0n) is 28.4. The van der Waals surface area contributed by atoms with Gasteiger partial charge in [-0.05, 0) is 62.5 Å². The lowest BCUT2D eigenvalue weighted by Gasteiger charge is -2.35. The van der Waals surface area contributed by atoms with E-state index in [1.165, 1.54) is 11.1 Å². The van der Waals surface area contributed by atoms with E-state index >= 15 is 0 Å². The Morgan fingerprint density at radius 2 is 1.82 bits per heavy atom. The Kier molecular flexibility index (Phi) is 12.8. The van der Waals surface area contributed by atoms with Crippen LogP contribution in [0.3, 0.4) is 0 Å². The van der Waals surface area contributed by atoms with Crippen LogP contribution in [0.2, 0.25) is 0 Å². The van der Waals surface area contributed by atoms with E-state index in [1.807, 2.05) is 46.7 Å². The zero-order valence-corrected chi connectivity index (χ0v) is 28.4. The molecule has 2 aliphatic rings. The van der Waals surface area contributed by atoms with Crippen molar-refractivity contribution in [1.82, 2.24) is 25.8 Å². The van der Waals surface area contributed by atoms with E-state index in [1.54, 1.807) is 31.4 Å². The van der Waals surface area contributed by atoms with Crippen molar-refractivity contribution in [1.29, 1.82) is 0 Å². The highest BCUT2D eigenvalue weighted by molar-refractivity contribution is 5.96. The first-order valence-electron chi connectivity index (χ1n) is 16.2. The van der Waals surface area contributed by atoms with Crippen molar-refractivity contribution >= 4 is 29.7 Å². The van der Waals surface area contributed by atoms with Gasteiger partial charge in [0.05, 0.1) is 13.2 Å². The lowest BCUT2D eigenvalue weighted by Crippen LogP contribution is -2.61. The van der Waals surface area contributed by atoms with Gasteiger partial charge in [0, 0.05) is 24.7 Å². The van der Waals surface area contributed by atoms with E-state index in [2.05, 4.69) is 29.8 Å². The van der Waals surface area contributed by atoms with Crippen LogP contribution in [0.1, 0.15) is 72.8 Å². The third-order valence-corrected chi connectivity index (χ3v) is 9.06. The first-order valence-corrected chi connectivity index (χ1v) is 16.2. The first kappa shape index (κ1) is 35.9. The van der Waals surface area contributed by atoms with Crippen molar-refractivity contribution in [2.75, 3.05) is 27.7 Å². The van der Waals surface area contributed by atoms with Gasteiger partial charge in [-0.25, -0.2) is 0 Å². The molecule has 250 valence electrons. The predicted octanol–water partition coefficient (Wildman–Crippen LogP) is 3.18. The lowest BCUT2D eigenvalue weighted by molar-refractivity contribution is -0.145. The molecular formula is C34H53N5O6. The number of benzene rings is 1. The molecule has 0 saturated carbocycles. The molecule has 0 aromatic heterocycles. The molecule has 7 unspecified atom stereocenters. The van der Waals surface area contributed by atoms with Crippen LogP contribution in [0, 0.1) is 17.8 Å². The first-order chi connectivity index (χ1) is 21.3. The molecule has 0 radical (unpaired) electrons. The number of carbonyl (C=O) groups excluding carboxylic acids is 4. The fourth-order valence-electron chi connectivity index (χ4n) is 5.89. The van der Waals surface area contributed by atoms with Crippen LogP contribution in [0.4, 0.5) is 0 Å². The summed E-state index contributed by atoms with van der Waals surface area (Å²) in [6.45, 7) is 12.1. The minimum Gasteiger partial charge on any atom is -0.496 e. The summed E-state index contributed by atoms with van der Waals surface area (Å²) in [6, 6.07) is 2.21. The fourth-order valence-corrected chi connectivity index (χ4v) is 5.89. The third kappa shape index (κ3) is 8.77. The Bertz CT molecular complexity index is 1230. The minimum atomic E-state index is -1.01. The van der Waals surface area contributed by atoms with Crippen LogP contribution in [-0.2, 0) is 19.2 Å². The number of nitrogens with one attached hydrogen (secondary N) is 3. The van der Waals surface area contributed by atoms with Gasteiger partial charge in [-0.3, -0.25) is 24.1 Å². The van der Waals surface area contributed by atoms with Gasteiger partial charge < -0.3 is 30.3 Å². The Morgan fingerprint density at radius 3 is 2.42 bits per heavy atom. The summed E-state index contributed by atoms with van der Waals surface area (Å²) in [6.07, 6.45) is 4.91. The normalized spacial score (nSPS) is 22.9. The van der Waals surface area contributed by atoms with Crippen LogP contribution in [0.5, 0.6) is 11.5 Å². The van der Waals surface area contributed by atoms with Gasteiger partial charge in [-0.1, -0.05) is 54.4 Å². The number of likely N-dealkylation sites (N-methyl/N-ethyl adjacent to an activating group) is 1. The topological polar surface area (TPSA) is 129 Å². The second kappa shape index (κ2) is 16.1. The van der Waals surface area contributed by atoms with E-state index in [0.717, 1.165) is 0 Å². The second-order valence-corrected chi connectivity index (χ2v) is 13.0. The van der Waals surface area contributed by atoms with E-state index in [9.17, 15) is 19.2 Å². The molecule has 2 bridgehead atoms. The highest BCUT2D eigenvalue weighted by Gasteiger charge is 2.47. The SMILES string of the molecule is CCC(C)C1NC(=O)C2C(CCN2C(=O)C(NC(=O)C(CC(C)C)N(C)C)C(C)CC)Oc2ccc(OC)c(c2)C=CNC1=O. The molecule has 3 rings (SSSR count). The third-order valence-electron chi connectivity index (χ3n) is 9.06. The number of methoxy groups -OCH3 is 1. The molecule has 1 aromatic rings. The molecule has 2 heterocycles. The molecule has 11 heteroatoms. The summed E-state index contributed by atoms with van der Waals surface area (Å²) in [5.74, 6) is -0.362. The summed E-state index contributed by atoms with van der Waals surface area (Å²) >= 11 is 0. The van der Waals surface area contributed by atoms with Crippen LogP contribution >= 0.6 is 0 Å². The van der Waals surface area contributed by atoms with Gasteiger partial charge >= 0.3 is 0 Å². The molecule has 0 aliphatic carbocycles. The molecule has 4 amide bonds. The number of hydrogen-bond acceptors (Lipinski definition) is 7. The van der Waals surface area contributed by atoms with E-state index in [-0.39, 0.29) is 42.0 Å². The molecule has 3 N–H and O–H groups in total. The summed E-state index contributed by atoms with van der Waals surface area (Å²) in [7, 11) is 5.28. The molecule has 11 nitrogen and oxygen atoms in total. The average molecular weight is 628 g/mol. The average Bonchev–Trinajstić information content (AvgIpc) is 3.42. The van der Waals surface area contributed by atoms with Crippen LogP contribution in [0.15, 0.2) is 24.4 Å². The molecule has 0 spiro atoms. The molecular weight excluding hydrogens is 574 g/mol. The zero-order chi connectivity index (χ0) is 33.4. The van der Waals surface area contributed by atoms with Crippen molar-refractivity contribution in [3.05, 3.63) is 30.0 Å². The van der Waals surface area contributed by atoms with Gasteiger partial charge in [-0.15, -0.1) is 0 Å². The van der Waals surface area contributed by atoms with Crippen LogP contribution in [-0.4, -0.2) is 91.4 Å². The van der Waals surface area contributed by atoms with Crippen molar-refractivity contribution < 1.29 is 28.7 Å². The molecule has 2 aliphatic heterocycles. The maximum atomic E-state index is 14.4. The Balaban J connectivity index is 2.02. The Labute approximate surface area is 268 Å². The van der Waals surface area contributed by atoms with E-state index < -0.39 is 36.2 Å².